The van der Waals surface area contributed by atoms with E-state index in [1.54, 1.807) is 38.4 Å². The van der Waals surface area contributed by atoms with Crippen LogP contribution in [0.25, 0.3) is 0 Å². The van der Waals surface area contributed by atoms with E-state index < -0.39 is 5.97 Å². The fraction of sp³-hybridized carbons (Fsp3) is 0.462. The Hall–Kier alpha value is -3.26. The van der Waals surface area contributed by atoms with E-state index in [1.165, 1.54) is 11.1 Å². The molecule has 34 heavy (non-hydrogen) atoms. The second-order valence-corrected chi connectivity index (χ2v) is 8.34. The molecule has 1 aliphatic heterocycles. The van der Waals surface area contributed by atoms with Crippen LogP contribution in [0.2, 0.25) is 0 Å². The lowest BCUT2D eigenvalue weighted by atomic mass is 10.1. The Morgan fingerprint density at radius 1 is 0.882 bits per heavy atom. The summed E-state index contributed by atoms with van der Waals surface area (Å²) in [6.45, 7) is 5.60. The minimum atomic E-state index is -0.416. The van der Waals surface area contributed by atoms with Crippen molar-refractivity contribution in [3.8, 4) is 17.2 Å². The molecule has 0 unspecified atom stereocenters. The summed E-state index contributed by atoms with van der Waals surface area (Å²) in [5, 5.41) is 0. The number of carbonyl (C=O) groups is 2. The van der Waals surface area contributed by atoms with Crippen LogP contribution < -0.4 is 14.2 Å². The van der Waals surface area contributed by atoms with Gasteiger partial charge in [0.05, 0.1) is 21.3 Å². The molecule has 3 rings (SSSR count). The van der Waals surface area contributed by atoms with Gasteiger partial charge in [-0.3, -0.25) is 14.5 Å². The van der Waals surface area contributed by atoms with Gasteiger partial charge in [0.1, 0.15) is 0 Å². The second-order valence-electron chi connectivity index (χ2n) is 8.34. The Morgan fingerprint density at radius 2 is 1.56 bits per heavy atom. The third-order valence-corrected chi connectivity index (χ3v) is 5.91. The van der Waals surface area contributed by atoms with Gasteiger partial charge >= 0.3 is 5.97 Å². The minimum absolute atomic E-state index is 0.149. The van der Waals surface area contributed by atoms with Crippen LogP contribution in [0.15, 0.2) is 36.4 Å². The van der Waals surface area contributed by atoms with Gasteiger partial charge in [0.15, 0.2) is 18.1 Å². The molecule has 1 heterocycles. The van der Waals surface area contributed by atoms with Crippen molar-refractivity contribution in [3.63, 3.8) is 0 Å². The number of esters is 1. The summed E-state index contributed by atoms with van der Waals surface area (Å²) in [4.78, 5) is 28.8. The molecule has 8 heteroatoms. The van der Waals surface area contributed by atoms with Gasteiger partial charge in [-0.15, -0.1) is 0 Å². The smallest absolute Gasteiger partial charge is 0.306 e. The van der Waals surface area contributed by atoms with Gasteiger partial charge in [-0.25, -0.2) is 0 Å². The maximum Gasteiger partial charge on any atom is 0.306 e. The van der Waals surface area contributed by atoms with Crippen molar-refractivity contribution in [1.29, 1.82) is 0 Å². The molecule has 0 aromatic heterocycles. The molecule has 2 aromatic rings. The highest BCUT2D eigenvalue weighted by Gasteiger charge is 2.22. The third kappa shape index (κ3) is 6.87. The summed E-state index contributed by atoms with van der Waals surface area (Å²) in [6.07, 6.45) is 0.581. The van der Waals surface area contributed by atoms with Crippen LogP contribution in [0.5, 0.6) is 17.2 Å². The number of hydrogen-bond acceptors (Lipinski definition) is 7. The zero-order valence-corrected chi connectivity index (χ0v) is 20.5. The third-order valence-electron chi connectivity index (χ3n) is 5.91. The minimum Gasteiger partial charge on any atom is -0.493 e. The summed E-state index contributed by atoms with van der Waals surface area (Å²) in [5.41, 5.74) is 3.38. The number of rotatable bonds is 10. The van der Waals surface area contributed by atoms with E-state index in [0.29, 0.717) is 36.8 Å². The Labute approximate surface area is 201 Å². The van der Waals surface area contributed by atoms with Gasteiger partial charge in [0.2, 0.25) is 5.75 Å². The molecule has 0 spiro atoms. The molecule has 8 nitrogen and oxygen atoms in total. The van der Waals surface area contributed by atoms with Crippen LogP contribution in [0.1, 0.15) is 23.1 Å². The number of amides is 1. The average Bonchev–Trinajstić information content (AvgIpc) is 2.85. The fourth-order valence-electron chi connectivity index (χ4n) is 4.06. The van der Waals surface area contributed by atoms with E-state index in [2.05, 4.69) is 36.1 Å². The summed E-state index contributed by atoms with van der Waals surface area (Å²) in [6, 6.07) is 12.1. The van der Waals surface area contributed by atoms with Crippen molar-refractivity contribution in [2.24, 2.45) is 0 Å². The zero-order valence-electron chi connectivity index (χ0n) is 20.5. The Kier molecular flexibility index (Phi) is 9.16. The molecule has 0 aliphatic carbocycles. The SMILES string of the molecule is COc1cc(CCC(=O)OCC(=O)N2CCN(Cc3cccc(C)c3)CC2)cc(OC)c1OC. The maximum absolute atomic E-state index is 12.5. The van der Waals surface area contributed by atoms with Crippen molar-refractivity contribution < 1.29 is 28.5 Å². The van der Waals surface area contributed by atoms with Crippen LogP contribution in [0.4, 0.5) is 0 Å². The Morgan fingerprint density at radius 3 is 2.15 bits per heavy atom. The molecule has 184 valence electrons. The number of piperazine rings is 1. The molecule has 0 radical (unpaired) electrons. The highest BCUT2D eigenvalue weighted by molar-refractivity contribution is 5.80. The average molecular weight is 471 g/mol. The van der Waals surface area contributed by atoms with Crippen LogP contribution >= 0.6 is 0 Å². The summed E-state index contributed by atoms with van der Waals surface area (Å²) in [7, 11) is 4.63. The molecular formula is C26H34N2O6. The normalized spacial score (nSPS) is 13.9. The van der Waals surface area contributed by atoms with Gasteiger partial charge in [-0.05, 0) is 36.6 Å². The highest BCUT2D eigenvalue weighted by atomic mass is 16.5. The molecule has 1 amide bonds. The number of hydrogen-bond donors (Lipinski definition) is 0. The topological polar surface area (TPSA) is 77.5 Å². The molecule has 0 bridgehead atoms. The molecule has 1 fully saturated rings. The number of methoxy groups -OCH3 is 3. The summed E-state index contributed by atoms with van der Waals surface area (Å²) < 4.78 is 21.2. The van der Waals surface area contributed by atoms with E-state index in [1.807, 2.05) is 0 Å². The van der Waals surface area contributed by atoms with Crippen molar-refractivity contribution in [2.75, 3.05) is 54.1 Å². The fourth-order valence-corrected chi connectivity index (χ4v) is 4.06. The van der Waals surface area contributed by atoms with Crippen LogP contribution in [0.3, 0.4) is 0 Å². The lowest BCUT2D eigenvalue weighted by Crippen LogP contribution is -2.49. The number of ether oxygens (including phenoxy) is 4. The molecule has 1 aliphatic rings. The van der Waals surface area contributed by atoms with E-state index in [9.17, 15) is 9.59 Å². The van der Waals surface area contributed by atoms with Crippen molar-refractivity contribution in [1.82, 2.24) is 9.80 Å². The Balaban J connectivity index is 1.41. The second kappa shape index (κ2) is 12.3. The maximum atomic E-state index is 12.5. The predicted molar refractivity (Wildman–Crippen MR) is 128 cm³/mol. The van der Waals surface area contributed by atoms with E-state index in [0.717, 1.165) is 25.2 Å². The van der Waals surface area contributed by atoms with Gasteiger partial charge in [-0.1, -0.05) is 29.8 Å². The molecule has 2 aromatic carbocycles. The highest BCUT2D eigenvalue weighted by Crippen LogP contribution is 2.38. The zero-order chi connectivity index (χ0) is 24.5. The lowest BCUT2D eigenvalue weighted by molar-refractivity contribution is -0.152. The quantitative estimate of drug-likeness (QED) is 0.494. The monoisotopic (exact) mass is 470 g/mol. The van der Waals surface area contributed by atoms with Crippen molar-refractivity contribution >= 4 is 11.9 Å². The van der Waals surface area contributed by atoms with Crippen LogP contribution in [0, 0.1) is 6.92 Å². The van der Waals surface area contributed by atoms with Crippen LogP contribution in [-0.2, 0) is 27.3 Å². The molecule has 0 saturated carbocycles. The molecule has 0 N–H and O–H groups in total. The van der Waals surface area contributed by atoms with Gasteiger partial charge in [0, 0.05) is 39.1 Å². The molecular weight excluding hydrogens is 436 g/mol. The Bertz CT molecular complexity index is 960. The van der Waals surface area contributed by atoms with Gasteiger partial charge in [-0.2, -0.15) is 0 Å². The predicted octanol–water partition coefficient (Wildman–Crippen LogP) is 2.84. The van der Waals surface area contributed by atoms with E-state index in [-0.39, 0.29) is 18.9 Å². The van der Waals surface area contributed by atoms with Gasteiger partial charge < -0.3 is 23.8 Å². The van der Waals surface area contributed by atoms with Crippen LogP contribution in [-0.4, -0.2) is 75.8 Å². The first-order valence-corrected chi connectivity index (χ1v) is 11.4. The summed E-state index contributed by atoms with van der Waals surface area (Å²) >= 11 is 0. The molecule has 0 atom stereocenters. The number of nitrogens with zero attached hydrogens (tertiary/aromatic N) is 2. The molecule has 1 saturated heterocycles. The first-order valence-electron chi connectivity index (χ1n) is 11.4. The largest absolute Gasteiger partial charge is 0.493 e. The summed E-state index contributed by atoms with van der Waals surface area (Å²) in [5.74, 6) is 0.987. The first kappa shape index (κ1) is 25.4. The van der Waals surface area contributed by atoms with E-state index >= 15 is 0 Å². The first-order chi connectivity index (χ1) is 16.4. The van der Waals surface area contributed by atoms with Gasteiger partial charge in [0.25, 0.3) is 5.91 Å². The van der Waals surface area contributed by atoms with E-state index in [4.69, 9.17) is 18.9 Å². The lowest BCUT2D eigenvalue weighted by Gasteiger charge is -2.34. The number of carbonyl (C=O) groups excluding carboxylic acids is 2. The van der Waals surface area contributed by atoms with Crippen molar-refractivity contribution in [3.05, 3.63) is 53.1 Å². The number of benzene rings is 2. The number of aryl methyl sites for hydroxylation is 2. The van der Waals surface area contributed by atoms with Crippen molar-refractivity contribution in [2.45, 2.75) is 26.3 Å². The standard InChI is InChI=1S/C26H34N2O6/c1-19-6-5-7-21(14-19)17-27-10-12-28(13-11-27)24(29)18-34-25(30)9-8-20-15-22(31-2)26(33-4)23(16-20)32-3/h5-7,14-16H,8-13,17-18H2,1-4H3.